The molecule has 12 aromatic rings. The van der Waals surface area contributed by atoms with Gasteiger partial charge in [0.2, 0.25) is 0 Å². The highest BCUT2D eigenvalue weighted by molar-refractivity contribution is 6.20. The Kier molecular flexibility index (Phi) is 7.95. The van der Waals surface area contributed by atoms with Gasteiger partial charge in [-0.2, -0.15) is 0 Å². The zero-order valence-electron chi connectivity index (χ0n) is 35.5. The largest absolute Gasteiger partial charge is 0.455 e. The van der Waals surface area contributed by atoms with Crippen LogP contribution in [0.4, 0.5) is 17.1 Å². The summed E-state index contributed by atoms with van der Waals surface area (Å²) in [6.45, 7) is 4.70. The van der Waals surface area contributed by atoms with Crippen LogP contribution in [0.15, 0.2) is 221 Å². The maximum Gasteiger partial charge on any atom is 0.159 e. The molecule has 0 atom stereocenters. The summed E-state index contributed by atoms with van der Waals surface area (Å²) in [7, 11) is 0. The molecular formula is C61H41NO2. The summed E-state index contributed by atoms with van der Waals surface area (Å²) < 4.78 is 13.5. The molecule has 1 aliphatic rings. The number of fused-ring (bicyclic) bond motifs is 11. The van der Waals surface area contributed by atoms with Gasteiger partial charge in [0.25, 0.3) is 0 Å². The molecule has 2 heterocycles. The van der Waals surface area contributed by atoms with E-state index in [1.54, 1.807) is 0 Å². The van der Waals surface area contributed by atoms with Crippen molar-refractivity contribution in [2.45, 2.75) is 19.3 Å². The Morgan fingerprint density at radius 1 is 0.359 bits per heavy atom. The van der Waals surface area contributed by atoms with Gasteiger partial charge in [0.15, 0.2) is 5.58 Å². The first-order valence-corrected chi connectivity index (χ1v) is 22.1. The van der Waals surface area contributed by atoms with Gasteiger partial charge in [-0.1, -0.05) is 190 Å². The average molecular weight is 820 g/mol. The van der Waals surface area contributed by atoms with E-state index in [-0.39, 0.29) is 5.41 Å². The SMILES string of the molecule is CC1(C)c2ccccc2-c2ccc(N(c3cc(-c4ccc(-c5cccc6c5oc5ccc7ccccc7c56)cc4)ccc3-c3ccccc3)c3cccc4c3oc3ccccc34)cc21. The molecule has 1 aliphatic carbocycles. The molecule has 0 aliphatic heterocycles. The Bertz CT molecular complexity index is 3810. The van der Waals surface area contributed by atoms with Crippen molar-refractivity contribution in [3.05, 3.63) is 223 Å². The average Bonchev–Trinajstić information content (AvgIpc) is 4.00. The van der Waals surface area contributed by atoms with E-state index in [1.165, 1.54) is 33.0 Å². The Hall–Kier alpha value is -8.14. The molecule has 0 N–H and O–H groups in total. The topological polar surface area (TPSA) is 29.5 Å². The fraction of sp³-hybridized carbons (Fsp3) is 0.0492. The van der Waals surface area contributed by atoms with Crippen molar-refractivity contribution in [1.82, 2.24) is 0 Å². The number of benzene rings is 10. The molecule has 13 rings (SSSR count). The van der Waals surface area contributed by atoms with Crippen molar-refractivity contribution in [1.29, 1.82) is 0 Å². The first-order chi connectivity index (χ1) is 31.5. The van der Waals surface area contributed by atoms with Gasteiger partial charge in [0, 0.05) is 43.8 Å². The molecule has 0 amide bonds. The number of hydrogen-bond donors (Lipinski definition) is 0. The van der Waals surface area contributed by atoms with Crippen LogP contribution in [0.25, 0.3) is 99.2 Å². The lowest BCUT2D eigenvalue weighted by atomic mass is 9.82. The first kappa shape index (κ1) is 36.5. The van der Waals surface area contributed by atoms with Gasteiger partial charge in [0.1, 0.15) is 16.7 Å². The summed E-state index contributed by atoms with van der Waals surface area (Å²) in [5, 5.41) is 6.91. The Morgan fingerprint density at radius 3 is 1.89 bits per heavy atom. The highest BCUT2D eigenvalue weighted by atomic mass is 16.3. The molecule has 0 unspecified atom stereocenters. The summed E-state index contributed by atoms with van der Waals surface area (Å²) in [4.78, 5) is 2.43. The molecule has 0 fully saturated rings. The van der Waals surface area contributed by atoms with E-state index in [9.17, 15) is 0 Å². The number of hydrogen-bond acceptors (Lipinski definition) is 3. The number of rotatable bonds is 6. The second-order valence-corrected chi connectivity index (χ2v) is 17.6. The first-order valence-electron chi connectivity index (χ1n) is 22.1. The molecule has 0 spiro atoms. The van der Waals surface area contributed by atoms with E-state index >= 15 is 0 Å². The van der Waals surface area contributed by atoms with Crippen LogP contribution >= 0.6 is 0 Å². The number of anilines is 3. The Morgan fingerprint density at radius 2 is 1.00 bits per heavy atom. The molecule has 0 saturated heterocycles. The predicted octanol–water partition coefficient (Wildman–Crippen LogP) is 17.4. The lowest BCUT2D eigenvalue weighted by Gasteiger charge is -2.30. The van der Waals surface area contributed by atoms with Crippen LogP contribution in [0.2, 0.25) is 0 Å². The van der Waals surface area contributed by atoms with Crippen molar-refractivity contribution in [2.24, 2.45) is 0 Å². The van der Waals surface area contributed by atoms with Gasteiger partial charge in [0.05, 0.1) is 11.4 Å². The predicted molar refractivity (Wildman–Crippen MR) is 267 cm³/mol. The van der Waals surface area contributed by atoms with E-state index in [0.717, 1.165) is 94.3 Å². The van der Waals surface area contributed by atoms with E-state index in [4.69, 9.17) is 8.83 Å². The summed E-state index contributed by atoms with van der Waals surface area (Å²) in [5.41, 5.74) is 18.4. The molecule has 10 aromatic carbocycles. The second kappa shape index (κ2) is 13.9. The lowest BCUT2D eigenvalue weighted by Crippen LogP contribution is -2.17. The minimum Gasteiger partial charge on any atom is -0.455 e. The zero-order chi connectivity index (χ0) is 42.5. The van der Waals surface area contributed by atoms with E-state index in [1.807, 2.05) is 6.07 Å². The molecule has 302 valence electrons. The van der Waals surface area contributed by atoms with E-state index < -0.39 is 0 Å². The van der Waals surface area contributed by atoms with Crippen LogP contribution < -0.4 is 4.90 Å². The van der Waals surface area contributed by atoms with Crippen LogP contribution in [0.5, 0.6) is 0 Å². The number of furan rings is 2. The second-order valence-electron chi connectivity index (χ2n) is 17.6. The fourth-order valence-electron chi connectivity index (χ4n) is 10.5. The summed E-state index contributed by atoms with van der Waals surface area (Å²) in [6, 6.07) is 76.6. The summed E-state index contributed by atoms with van der Waals surface area (Å²) in [5.74, 6) is 0. The van der Waals surface area contributed by atoms with Crippen molar-refractivity contribution in [3.8, 4) is 44.5 Å². The maximum atomic E-state index is 6.83. The van der Waals surface area contributed by atoms with Crippen LogP contribution in [-0.4, -0.2) is 0 Å². The van der Waals surface area contributed by atoms with Crippen molar-refractivity contribution in [3.63, 3.8) is 0 Å². The minimum atomic E-state index is -0.175. The molecule has 2 aromatic heterocycles. The number of para-hydroxylation sites is 3. The standard InChI is InChI=1S/C61H41NO2/c1-61(2)52-23-10-8-18-47(52)48-34-32-43(37-53(48)61)62(54-24-13-21-50-49-19-9-11-25-56(49)63-60(50)54)55-36-42(30-33-44(55)39-14-4-3-5-15-39)38-26-28-41(29-27-38)46-20-12-22-51-58-45-17-7-6-16-40(45)31-35-57(58)64-59(46)51/h3-37H,1-2H3. The molecule has 3 heteroatoms. The van der Waals surface area contributed by atoms with Gasteiger partial charge < -0.3 is 13.7 Å². The number of nitrogens with zero attached hydrogens (tertiary/aromatic N) is 1. The van der Waals surface area contributed by atoms with Crippen molar-refractivity contribution >= 4 is 71.7 Å². The Balaban J connectivity index is 1.00. The van der Waals surface area contributed by atoms with Gasteiger partial charge >= 0.3 is 0 Å². The molecule has 0 radical (unpaired) electrons. The van der Waals surface area contributed by atoms with Crippen molar-refractivity contribution in [2.75, 3.05) is 4.90 Å². The third-order valence-electron chi connectivity index (χ3n) is 13.7. The highest BCUT2D eigenvalue weighted by Crippen LogP contribution is 2.53. The van der Waals surface area contributed by atoms with Gasteiger partial charge in [-0.05, 0) is 91.7 Å². The van der Waals surface area contributed by atoms with Crippen molar-refractivity contribution < 1.29 is 8.83 Å². The minimum absolute atomic E-state index is 0.175. The molecular weight excluding hydrogens is 779 g/mol. The molecule has 3 nitrogen and oxygen atoms in total. The fourth-order valence-corrected chi connectivity index (χ4v) is 10.5. The third-order valence-corrected chi connectivity index (χ3v) is 13.7. The zero-order valence-corrected chi connectivity index (χ0v) is 35.5. The summed E-state index contributed by atoms with van der Waals surface area (Å²) in [6.07, 6.45) is 0. The van der Waals surface area contributed by atoms with Crippen LogP contribution in [0, 0.1) is 0 Å². The molecule has 64 heavy (non-hydrogen) atoms. The van der Waals surface area contributed by atoms with Gasteiger partial charge in [-0.3, -0.25) is 0 Å². The van der Waals surface area contributed by atoms with Crippen LogP contribution in [0.3, 0.4) is 0 Å². The Labute approximate surface area is 371 Å². The van der Waals surface area contributed by atoms with E-state index in [0.29, 0.717) is 0 Å². The smallest absolute Gasteiger partial charge is 0.159 e. The molecule has 0 saturated carbocycles. The maximum absolute atomic E-state index is 6.83. The lowest BCUT2D eigenvalue weighted by molar-refractivity contribution is 0.660. The highest BCUT2D eigenvalue weighted by Gasteiger charge is 2.36. The van der Waals surface area contributed by atoms with Gasteiger partial charge in [-0.25, -0.2) is 0 Å². The van der Waals surface area contributed by atoms with Crippen LogP contribution in [0.1, 0.15) is 25.0 Å². The quantitative estimate of drug-likeness (QED) is 0.167. The molecule has 0 bridgehead atoms. The normalized spacial score (nSPS) is 13.0. The van der Waals surface area contributed by atoms with Crippen LogP contribution in [-0.2, 0) is 5.41 Å². The van der Waals surface area contributed by atoms with Gasteiger partial charge in [-0.15, -0.1) is 0 Å². The third kappa shape index (κ3) is 5.47. The van der Waals surface area contributed by atoms with E-state index in [2.05, 4.69) is 225 Å². The monoisotopic (exact) mass is 819 g/mol. The summed E-state index contributed by atoms with van der Waals surface area (Å²) >= 11 is 0.